The van der Waals surface area contributed by atoms with Crippen LogP contribution in [0.25, 0.3) is 0 Å². The zero-order chi connectivity index (χ0) is 23.8. The van der Waals surface area contributed by atoms with Crippen molar-refractivity contribution in [2.24, 2.45) is 0 Å². The summed E-state index contributed by atoms with van der Waals surface area (Å²) >= 11 is 0. The summed E-state index contributed by atoms with van der Waals surface area (Å²) < 4.78 is 48.5. The van der Waals surface area contributed by atoms with Gasteiger partial charge in [0.25, 0.3) is 16.0 Å². The number of fused-ring (bicyclic) bond motifs is 1. The van der Waals surface area contributed by atoms with Crippen LogP contribution in [0.3, 0.4) is 0 Å². The fraction of sp³-hybridized carbons (Fsp3) is 0.435. The van der Waals surface area contributed by atoms with Gasteiger partial charge in [0.05, 0.1) is 4.90 Å². The molecule has 2 heterocycles. The van der Waals surface area contributed by atoms with Crippen molar-refractivity contribution in [3.8, 4) is 0 Å². The molecule has 2 aromatic rings. The van der Waals surface area contributed by atoms with E-state index in [1.807, 2.05) is 6.92 Å². The van der Waals surface area contributed by atoms with Crippen molar-refractivity contribution < 1.29 is 36.7 Å². The quantitative estimate of drug-likeness (QED) is 0.579. The van der Waals surface area contributed by atoms with Crippen LogP contribution in [0.5, 0.6) is 0 Å². The average molecular weight is 478 g/mol. The molecule has 178 valence electrons. The molecule has 9 nitrogen and oxygen atoms in total. The number of hydrogen-bond donors (Lipinski definition) is 2. The molecule has 2 aliphatic rings. The van der Waals surface area contributed by atoms with E-state index in [1.165, 1.54) is 12.1 Å². The molecule has 0 bridgehead atoms. The molecule has 0 aliphatic carbocycles. The van der Waals surface area contributed by atoms with Crippen molar-refractivity contribution in [2.75, 3.05) is 6.54 Å². The highest BCUT2D eigenvalue weighted by atomic mass is 32.2. The Morgan fingerprint density at radius 2 is 1.79 bits per heavy atom. The molecule has 33 heavy (non-hydrogen) atoms. The lowest BCUT2D eigenvalue weighted by molar-refractivity contribution is -0.223. The second-order valence-electron chi connectivity index (χ2n) is 8.54. The Balaban J connectivity index is 1.54. The van der Waals surface area contributed by atoms with Gasteiger partial charge in [-0.05, 0) is 45.0 Å². The van der Waals surface area contributed by atoms with Crippen LogP contribution < -0.4 is 5.32 Å². The van der Waals surface area contributed by atoms with Gasteiger partial charge in [-0.1, -0.05) is 35.9 Å². The van der Waals surface area contributed by atoms with Gasteiger partial charge in [0.1, 0.15) is 24.4 Å². The normalized spacial score (nSPS) is 27.2. The third-order valence-corrected chi connectivity index (χ3v) is 6.83. The average Bonchev–Trinajstić information content (AvgIpc) is 3.24. The zero-order valence-corrected chi connectivity index (χ0v) is 19.3. The lowest BCUT2D eigenvalue weighted by Crippen LogP contribution is -2.48. The van der Waals surface area contributed by atoms with Crippen LogP contribution in [0.1, 0.15) is 29.8 Å². The van der Waals surface area contributed by atoms with Crippen LogP contribution in [-0.2, 0) is 28.5 Å². The summed E-state index contributed by atoms with van der Waals surface area (Å²) in [5.41, 5.74) is 1.29. The first kappa shape index (κ1) is 23.8. The van der Waals surface area contributed by atoms with Crippen molar-refractivity contribution in [2.45, 2.75) is 62.2 Å². The molecule has 2 N–H and O–H groups in total. The number of aliphatic hydroxyl groups is 1. The van der Waals surface area contributed by atoms with Crippen LogP contribution in [-0.4, -0.2) is 62.5 Å². The fourth-order valence-electron chi connectivity index (χ4n) is 3.84. The van der Waals surface area contributed by atoms with Gasteiger partial charge in [0.2, 0.25) is 0 Å². The first-order valence-electron chi connectivity index (χ1n) is 10.6. The molecule has 10 heteroatoms. The molecule has 0 unspecified atom stereocenters. The molecular formula is C23H27NO8S. The van der Waals surface area contributed by atoms with Crippen LogP contribution in [0.4, 0.5) is 0 Å². The first-order valence-corrected chi connectivity index (χ1v) is 12.0. The van der Waals surface area contributed by atoms with E-state index in [0.717, 1.165) is 5.56 Å². The number of aliphatic hydroxyl groups excluding tert-OH is 1. The van der Waals surface area contributed by atoms with E-state index >= 15 is 0 Å². The van der Waals surface area contributed by atoms with Crippen molar-refractivity contribution >= 4 is 16.0 Å². The summed E-state index contributed by atoms with van der Waals surface area (Å²) in [5, 5.41) is 13.5. The third kappa shape index (κ3) is 5.26. The molecule has 0 aromatic heterocycles. The zero-order valence-electron chi connectivity index (χ0n) is 18.5. The number of nitrogens with one attached hydrogen (secondary N) is 1. The maximum absolute atomic E-state index is 12.9. The van der Waals surface area contributed by atoms with Crippen LogP contribution in [0, 0.1) is 6.92 Å². The topological polar surface area (TPSA) is 120 Å². The number of ether oxygens (including phenoxy) is 3. The molecule has 4 rings (SSSR count). The van der Waals surface area contributed by atoms with Gasteiger partial charge < -0.3 is 24.6 Å². The highest BCUT2D eigenvalue weighted by Gasteiger charge is 2.56. The first-order chi connectivity index (χ1) is 15.6. The lowest BCUT2D eigenvalue weighted by Gasteiger charge is -2.28. The molecule has 0 radical (unpaired) electrons. The van der Waals surface area contributed by atoms with Gasteiger partial charge in [0, 0.05) is 12.1 Å². The van der Waals surface area contributed by atoms with Crippen molar-refractivity contribution in [3.05, 3.63) is 65.7 Å². The Labute approximate surface area is 192 Å². The van der Waals surface area contributed by atoms with Crippen molar-refractivity contribution in [1.82, 2.24) is 5.32 Å². The molecule has 2 saturated heterocycles. The van der Waals surface area contributed by atoms with Crippen LogP contribution >= 0.6 is 0 Å². The number of amides is 1. The van der Waals surface area contributed by atoms with Crippen molar-refractivity contribution in [1.29, 1.82) is 0 Å². The van der Waals surface area contributed by atoms with Gasteiger partial charge in [-0.15, -0.1) is 0 Å². The predicted molar refractivity (Wildman–Crippen MR) is 117 cm³/mol. The monoisotopic (exact) mass is 477 g/mol. The Morgan fingerprint density at radius 1 is 1.12 bits per heavy atom. The van der Waals surface area contributed by atoms with E-state index in [-0.39, 0.29) is 11.4 Å². The number of benzene rings is 2. The fourth-order valence-corrected chi connectivity index (χ4v) is 4.92. The highest BCUT2D eigenvalue weighted by Crippen LogP contribution is 2.39. The standard InChI is InChI=1S/C23H27NO8S/c1-14-9-11-16(12-10-14)33(27,28)32-17(13-24-21(26)15-7-5-4-6-8-15)19-18(25)20-22(29-19)31-23(2,3)30-20/h4-12,17-20,22,25H,13H2,1-3H3,(H,24,26)/t17-,18-,19+,20+,22+/m0/s1. The summed E-state index contributed by atoms with van der Waals surface area (Å²) in [7, 11) is -4.22. The van der Waals surface area contributed by atoms with E-state index in [9.17, 15) is 18.3 Å². The largest absolute Gasteiger partial charge is 0.387 e. The minimum atomic E-state index is -4.22. The van der Waals surface area contributed by atoms with E-state index in [4.69, 9.17) is 18.4 Å². The molecule has 0 saturated carbocycles. The molecule has 5 atom stereocenters. The molecule has 0 spiro atoms. The van der Waals surface area contributed by atoms with Gasteiger partial charge in [-0.2, -0.15) is 8.42 Å². The second kappa shape index (κ2) is 9.13. The lowest BCUT2D eigenvalue weighted by atomic mass is 10.1. The number of aryl methyl sites for hydroxylation is 1. The summed E-state index contributed by atoms with van der Waals surface area (Å²) in [6, 6.07) is 14.6. The van der Waals surface area contributed by atoms with Gasteiger partial charge >= 0.3 is 0 Å². The predicted octanol–water partition coefficient (Wildman–Crippen LogP) is 1.74. The maximum atomic E-state index is 12.9. The van der Waals surface area contributed by atoms with Crippen LogP contribution in [0.2, 0.25) is 0 Å². The SMILES string of the molecule is Cc1ccc(S(=O)(=O)O[C@@H](CNC(=O)c2ccccc2)[C@H]2O[C@@H]3OC(C)(C)O[C@@H]3[C@H]2O)cc1. The number of carbonyl (C=O) groups is 1. The maximum Gasteiger partial charge on any atom is 0.297 e. The van der Waals surface area contributed by atoms with E-state index in [2.05, 4.69) is 5.32 Å². The minimum absolute atomic E-state index is 0.0474. The molecule has 2 fully saturated rings. The molecule has 2 aliphatic heterocycles. The smallest absolute Gasteiger partial charge is 0.297 e. The Kier molecular flexibility index (Phi) is 6.59. The highest BCUT2D eigenvalue weighted by molar-refractivity contribution is 7.86. The Morgan fingerprint density at radius 3 is 2.42 bits per heavy atom. The van der Waals surface area contributed by atoms with Crippen LogP contribution in [0.15, 0.2) is 59.5 Å². The Hall–Kier alpha value is -2.34. The molecule has 1 amide bonds. The van der Waals surface area contributed by atoms with Gasteiger partial charge in [0.15, 0.2) is 12.1 Å². The molecular weight excluding hydrogens is 450 g/mol. The number of rotatable bonds is 7. The number of carbonyl (C=O) groups excluding carboxylic acids is 1. The second-order valence-corrected chi connectivity index (χ2v) is 10.1. The van der Waals surface area contributed by atoms with E-state index < -0.39 is 52.5 Å². The molecule has 2 aromatic carbocycles. The van der Waals surface area contributed by atoms with Gasteiger partial charge in [-0.3, -0.25) is 8.98 Å². The Bertz CT molecular complexity index is 1090. The number of hydrogen-bond acceptors (Lipinski definition) is 8. The third-order valence-electron chi connectivity index (χ3n) is 5.48. The summed E-state index contributed by atoms with van der Waals surface area (Å²) in [5.74, 6) is -1.37. The van der Waals surface area contributed by atoms with Gasteiger partial charge in [-0.25, -0.2) is 0 Å². The minimum Gasteiger partial charge on any atom is -0.387 e. The summed E-state index contributed by atoms with van der Waals surface area (Å²) in [6.45, 7) is 4.98. The van der Waals surface area contributed by atoms with Crippen molar-refractivity contribution in [3.63, 3.8) is 0 Å². The summed E-state index contributed by atoms with van der Waals surface area (Å²) in [4.78, 5) is 12.5. The van der Waals surface area contributed by atoms with E-state index in [0.29, 0.717) is 5.56 Å². The summed E-state index contributed by atoms with van der Waals surface area (Å²) in [6.07, 6.45) is -5.29. The van der Waals surface area contributed by atoms with E-state index in [1.54, 1.807) is 56.3 Å².